The molecule has 2 atom stereocenters. The lowest BCUT2D eigenvalue weighted by atomic mass is 10.1. The number of rotatable bonds is 6. The Morgan fingerprint density at radius 2 is 1.95 bits per heavy atom. The van der Waals surface area contributed by atoms with Gasteiger partial charge in [-0.05, 0) is 19.3 Å². The van der Waals surface area contributed by atoms with Crippen LogP contribution in [-0.2, 0) is 19.1 Å². The Hall–Kier alpha value is -1.14. The summed E-state index contributed by atoms with van der Waals surface area (Å²) >= 11 is 0. The molecule has 0 aromatic carbocycles. The van der Waals surface area contributed by atoms with Crippen molar-refractivity contribution in [2.45, 2.75) is 56.8 Å². The molecule has 2 rings (SSSR count). The molecule has 2 fully saturated rings. The van der Waals surface area contributed by atoms with Gasteiger partial charge in [-0.2, -0.15) is 0 Å². The SMILES string of the molecule is COC1CC(CC(=O)O)N(C(=O)COC2CCCC2)C1. The molecule has 0 aromatic heterocycles. The predicted octanol–water partition coefficient (Wildman–Crippen LogP) is 1.04. The lowest BCUT2D eigenvalue weighted by Gasteiger charge is -2.24. The smallest absolute Gasteiger partial charge is 0.305 e. The summed E-state index contributed by atoms with van der Waals surface area (Å²) < 4.78 is 10.9. The van der Waals surface area contributed by atoms with E-state index in [1.807, 2.05) is 0 Å². The van der Waals surface area contributed by atoms with Gasteiger partial charge in [0, 0.05) is 19.7 Å². The third kappa shape index (κ3) is 3.93. The van der Waals surface area contributed by atoms with Crippen LogP contribution < -0.4 is 0 Å². The summed E-state index contributed by atoms with van der Waals surface area (Å²) in [6.07, 6.45) is 5.03. The number of amides is 1. The van der Waals surface area contributed by atoms with Crippen LogP contribution in [0.1, 0.15) is 38.5 Å². The number of carboxylic acid groups (broad SMARTS) is 1. The number of nitrogens with zero attached hydrogens (tertiary/aromatic N) is 1. The first kappa shape index (κ1) is 15.3. The minimum absolute atomic E-state index is 0.0327. The number of likely N-dealkylation sites (tertiary alicyclic amines) is 1. The second-order valence-corrected chi connectivity index (χ2v) is 5.61. The van der Waals surface area contributed by atoms with Crippen LogP contribution >= 0.6 is 0 Å². The Balaban J connectivity index is 1.86. The minimum atomic E-state index is -0.888. The van der Waals surface area contributed by atoms with Gasteiger partial charge >= 0.3 is 5.97 Å². The van der Waals surface area contributed by atoms with Gasteiger partial charge in [0.2, 0.25) is 5.91 Å². The molecule has 1 saturated heterocycles. The highest BCUT2D eigenvalue weighted by Crippen LogP contribution is 2.24. The normalized spacial score (nSPS) is 27.1. The highest BCUT2D eigenvalue weighted by atomic mass is 16.5. The second-order valence-electron chi connectivity index (χ2n) is 5.61. The number of hydrogen-bond donors (Lipinski definition) is 1. The van der Waals surface area contributed by atoms with E-state index in [1.165, 1.54) is 0 Å². The van der Waals surface area contributed by atoms with Crippen molar-refractivity contribution in [1.82, 2.24) is 4.90 Å². The summed E-state index contributed by atoms with van der Waals surface area (Å²) in [4.78, 5) is 24.7. The van der Waals surface area contributed by atoms with Crippen molar-refractivity contribution in [1.29, 1.82) is 0 Å². The van der Waals surface area contributed by atoms with E-state index >= 15 is 0 Å². The fourth-order valence-electron chi connectivity index (χ4n) is 3.07. The number of aliphatic carboxylic acids is 1. The number of carbonyl (C=O) groups is 2. The molecule has 0 spiro atoms. The van der Waals surface area contributed by atoms with Crippen LogP contribution in [0.3, 0.4) is 0 Å². The lowest BCUT2D eigenvalue weighted by molar-refractivity contribution is -0.142. The zero-order valence-electron chi connectivity index (χ0n) is 11.9. The summed E-state index contributed by atoms with van der Waals surface area (Å²) in [5.41, 5.74) is 0. The first-order valence-corrected chi connectivity index (χ1v) is 7.25. The van der Waals surface area contributed by atoms with E-state index in [1.54, 1.807) is 12.0 Å². The molecule has 0 radical (unpaired) electrons. The molecule has 1 saturated carbocycles. The Labute approximate surface area is 119 Å². The molecule has 1 amide bonds. The molecule has 2 aliphatic rings. The summed E-state index contributed by atoms with van der Waals surface area (Å²) in [7, 11) is 1.59. The van der Waals surface area contributed by atoms with Crippen LogP contribution in [0.4, 0.5) is 0 Å². The van der Waals surface area contributed by atoms with E-state index in [-0.39, 0.29) is 37.2 Å². The number of ether oxygens (including phenoxy) is 2. The molecular weight excluding hydrogens is 262 g/mol. The molecule has 2 unspecified atom stereocenters. The van der Waals surface area contributed by atoms with E-state index < -0.39 is 5.97 Å². The summed E-state index contributed by atoms with van der Waals surface area (Å²) in [5, 5.41) is 8.92. The fourth-order valence-corrected chi connectivity index (χ4v) is 3.07. The van der Waals surface area contributed by atoms with Gasteiger partial charge in [-0.1, -0.05) is 12.8 Å². The monoisotopic (exact) mass is 285 g/mol. The van der Waals surface area contributed by atoms with Gasteiger partial charge in [0.05, 0.1) is 18.6 Å². The van der Waals surface area contributed by atoms with Gasteiger partial charge in [0.15, 0.2) is 0 Å². The molecule has 6 nitrogen and oxygen atoms in total. The van der Waals surface area contributed by atoms with Crippen LogP contribution in [0, 0.1) is 0 Å². The van der Waals surface area contributed by atoms with Crippen molar-refractivity contribution in [2.75, 3.05) is 20.3 Å². The number of methoxy groups -OCH3 is 1. The van der Waals surface area contributed by atoms with E-state index in [2.05, 4.69) is 0 Å². The molecule has 1 aliphatic carbocycles. The van der Waals surface area contributed by atoms with Gasteiger partial charge in [0.25, 0.3) is 0 Å². The Morgan fingerprint density at radius 1 is 1.25 bits per heavy atom. The molecule has 114 valence electrons. The number of hydrogen-bond acceptors (Lipinski definition) is 4. The fraction of sp³-hybridized carbons (Fsp3) is 0.857. The van der Waals surface area contributed by atoms with Gasteiger partial charge in [-0.25, -0.2) is 0 Å². The average Bonchev–Trinajstić information content (AvgIpc) is 3.04. The van der Waals surface area contributed by atoms with E-state index in [9.17, 15) is 9.59 Å². The topological polar surface area (TPSA) is 76.1 Å². The maximum atomic E-state index is 12.2. The van der Waals surface area contributed by atoms with Crippen molar-refractivity contribution in [3.8, 4) is 0 Å². The van der Waals surface area contributed by atoms with Crippen molar-refractivity contribution in [3.63, 3.8) is 0 Å². The Bertz CT molecular complexity index is 353. The minimum Gasteiger partial charge on any atom is -0.481 e. The van der Waals surface area contributed by atoms with Crippen molar-refractivity contribution >= 4 is 11.9 Å². The zero-order chi connectivity index (χ0) is 14.5. The van der Waals surface area contributed by atoms with Crippen LogP contribution in [0.25, 0.3) is 0 Å². The first-order chi connectivity index (χ1) is 9.60. The molecule has 20 heavy (non-hydrogen) atoms. The summed E-state index contributed by atoms with van der Waals surface area (Å²) in [6.45, 7) is 0.512. The van der Waals surface area contributed by atoms with Crippen LogP contribution in [0.5, 0.6) is 0 Å². The molecule has 0 bridgehead atoms. The quantitative estimate of drug-likeness (QED) is 0.789. The number of carboxylic acids is 1. The third-order valence-corrected chi connectivity index (χ3v) is 4.18. The van der Waals surface area contributed by atoms with Crippen molar-refractivity contribution < 1.29 is 24.2 Å². The largest absolute Gasteiger partial charge is 0.481 e. The highest BCUT2D eigenvalue weighted by Gasteiger charge is 2.36. The van der Waals surface area contributed by atoms with E-state index in [0.717, 1.165) is 25.7 Å². The molecule has 6 heteroatoms. The summed E-state index contributed by atoms with van der Waals surface area (Å²) in [5.74, 6) is -1.01. The van der Waals surface area contributed by atoms with Gasteiger partial charge < -0.3 is 19.5 Å². The van der Waals surface area contributed by atoms with E-state index in [4.69, 9.17) is 14.6 Å². The Kier molecular flexibility index (Phi) is 5.37. The zero-order valence-corrected chi connectivity index (χ0v) is 11.9. The molecule has 0 aromatic rings. The average molecular weight is 285 g/mol. The van der Waals surface area contributed by atoms with Gasteiger partial charge in [0.1, 0.15) is 6.61 Å². The van der Waals surface area contributed by atoms with Gasteiger partial charge in [-0.3, -0.25) is 9.59 Å². The van der Waals surface area contributed by atoms with Crippen LogP contribution in [0.2, 0.25) is 0 Å². The second kappa shape index (κ2) is 7.04. The maximum Gasteiger partial charge on any atom is 0.305 e. The lowest BCUT2D eigenvalue weighted by Crippen LogP contribution is -2.40. The van der Waals surface area contributed by atoms with E-state index in [0.29, 0.717) is 13.0 Å². The van der Waals surface area contributed by atoms with Crippen LogP contribution in [0.15, 0.2) is 0 Å². The predicted molar refractivity (Wildman–Crippen MR) is 71.4 cm³/mol. The Morgan fingerprint density at radius 3 is 2.55 bits per heavy atom. The molecule has 1 N–H and O–H groups in total. The van der Waals surface area contributed by atoms with Crippen LogP contribution in [-0.4, -0.2) is 60.4 Å². The highest BCUT2D eigenvalue weighted by molar-refractivity contribution is 5.79. The number of carbonyl (C=O) groups excluding carboxylic acids is 1. The third-order valence-electron chi connectivity index (χ3n) is 4.18. The standard InChI is InChI=1S/C14H23NO5/c1-19-12-6-10(7-14(17)18)15(8-12)13(16)9-20-11-4-2-3-5-11/h10-12H,2-9H2,1H3,(H,17,18). The first-order valence-electron chi connectivity index (χ1n) is 7.25. The summed E-state index contributed by atoms with van der Waals surface area (Å²) in [6, 6.07) is -0.280. The van der Waals surface area contributed by atoms with Crippen molar-refractivity contribution in [2.24, 2.45) is 0 Å². The van der Waals surface area contributed by atoms with Crippen molar-refractivity contribution in [3.05, 3.63) is 0 Å². The molecule has 1 aliphatic heterocycles. The molecule has 1 heterocycles. The molecular formula is C14H23NO5. The maximum absolute atomic E-state index is 12.2. The van der Waals surface area contributed by atoms with Gasteiger partial charge in [-0.15, -0.1) is 0 Å².